The molecule has 1 aliphatic heterocycles. The lowest BCUT2D eigenvalue weighted by molar-refractivity contribution is -0.385. The molecule has 0 unspecified atom stereocenters. The summed E-state index contributed by atoms with van der Waals surface area (Å²) in [5.41, 5.74) is 2.56. The van der Waals surface area contributed by atoms with E-state index in [1.165, 1.54) is 34.8 Å². The molecule has 0 aromatic heterocycles. The minimum atomic E-state index is -3.61. The van der Waals surface area contributed by atoms with Crippen LogP contribution < -0.4 is 5.43 Å². The van der Waals surface area contributed by atoms with Gasteiger partial charge in [0.15, 0.2) is 0 Å². The monoisotopic (exact) mass is 494 g/mol. The highest BCUT2D eigenvalue weighted by atomic mass is 79.9. The zero-order valence-electron chi connectivity index (χ0n) is 15.8. The molecule has 9 nitrogen and oxygen atoms in total. The Morgan fingerprint density at radius 1 is 1.17 bits per heavy atom. The molecule has 0 spiro atoms. The van der Waals surface area contributed by atoms with Gasteiger partial charge in [-0.1, -0.05) is 28.1 Å². The number of carbonyl (C=O) groups is 1. The van der Waals surface area contributed by atoms with Gasteiger partial charge in [0.2, 0.25) is 15.9 Å². The maximum absolute atomic E-state index is 12.7. The third-order valence-corrected chi connectivity index (χ3v) is 7.23. The average molecular weight is 495 g/mol. The fraction of sp³-hybridized carbons (Fsp3) is 0.263. The van der Waals surface area contributed by atoms with Crippen LogP contribution in [0.25, 0.3) is 0 Å². The van der Waals surface area contributed by atoms with Crippen molar-refractivity contribution in [2.75, 3.05) is 13.1 Å². The Labute approximate surface area is 182 Å². The molecule has 1 N–H and O–H groups in total. The highest BCUT2D eigenvalue weighted by Crippen LogP contribution is 2.25. The van der Waals surface area contributed by atoms with Gasteiger partial charge in [-0.25, -0.2) is 13.8 Å². The van der Waals surface area contributed by atoms with Gasteiger partial charge in [-0.15, -0.1) is 0 Å². The fourth-order valence-electron chi connectivity index (χ4n) is 3.13. The molecule has 158 valence electrons. The molecule has 0 aliphatic carbocycles. The molecule has 30 heavy (non-hydrogen) atoms. The number of para-hydroxylation sites is 1. The van der Waals surface area contributed by atoms with E-state index in [1.54, 1.807) is 24.3 Å². The number of benzene rings is 2. The van der Waals surface area contributed by atoms with Crippen LogP contribution in [0.2, 0.25) is 0 Å². The summed E-state index contributed by atoms with van der Waals surface area (Å²) in [4.78, 5) is 23.0. The molecule has 1 aliphatic rings. The van der Waals surface area contributed by atoms with Gasteiger partial charge in [0.1, 0.15) is 0 Å². The number of halogens is 1. The Bertz CT molecular complexity index is 1060. The molecule has 0 atom stereocenters. The summed E-state index contributed by atoms with van der Waals surface area (Å²) >= 11 is 3.28. The SMILES string of the molecule is O=C(N/N=C\c1ccccc1[N+](=O)[O-])C1CCN(S(=O)(=O)c2ccc(Br)cc2)CC1. The maximum atomic E-state index is 12.7. The van der Waals surface area contributed by atoms with E-state index in [-0.39, 0.29) is 41.1 Å². The molecule has 0 bridgehead atoms. The predicted molar refractivity (Wildman–Crippen MR) is 114 cm³/mol. The molecule has 3 rings (SSSR count). The molecule has 1 saturated heterocycles. The summed E-state index contributed by atoms with van der Waals surface area (Å²) in [6.07, 6.45) is 1.95. The van der Waals surface area contributed by atoms with Gasteiger partial charge < -0.3 is 0 Å². The second-order valence-corrected chi connectivity index (χ2v) is 9.54. The molecule has 2 aromatic carbocycles. The van der Waals surface area contributed by atoms with Gasteiger partial charge in [0.05, 0.1) is 21.6 Å². The first-order valence-electron chi connectivity index (χ1n) is 9.11. The largest absolute Gasteiger partial charge is 0.278 e. The predicted octanol–water partition coefficient (Wildman–Crippen LogP) is 2.91. The summed E-state index contributed by atoms with van der Waals surface area (Å²) < 4.78 is 27.6. The molecule has 0 radical (unpaired) electrons. The van der Waals surface area contributed by atoms with Gasteiger partial charge in [-0.3, -0.25) is 14.9 Å². The second-order valence-electron chi connectivity index (χ2n) is 6.68. The number of piperidine rings is 1. The first kappa shape index (κ1) is 22.1. The third-order valence-electron chi connectivity index (χ3n) is 4.79. The number of amides is 1. The van der Waals surface area contributed by atoms with Crippen molar-refractivity contribution < 1.29 is 18.1 Å². The van der Waals surface area contributed by atoms with Crippen LogP contribution in [-0.4, -0.2) is 42.9 Å². The van der Waals surface area contributed by atoms with E-state index in [0.717, 1.165) is 4.47 Å². The number of nitro benzene ring substituents is 1. The summed E-state index contributed by atoms with van der Waals surface area (Å²) in [7, 11) is -3.61. The molecular weight excluding hydrogens is 476 g/mol. The van der Waals surface area contributed by atoms with Crippen LogP contribution in [0.5, 0.6) is 0 Å². The van der Waals surface area contributed by atoms with Crippen molar-refractivity contribution >= 4 is 43.8 Å². The number of nitro groups is 1. The third kappa shape index (κ3) is 5.10. The van der Waals surface area contributed by atoms with Crippen molar-refractivity contribution in [2.24, 2.45) is 11.0 Å². The molecule has 1 amide bonds. The van der Waals surface area contributed by atoms with Crippen LogP contribution in [0.4, 0.5) is 5.69 Å². The van der Waals surface area contributed by atoms with Crippen LogP contribution in [0.1, 0.15) is 18.4 Å². The average Bonchev–Trinajstić information content (AvgIpc) is 2.74. The molecule has 1 heterocycles. The second kappa shape index (κ2) is 9.45. The normalized spacial score (nSPS) is 15.9. The molecule has 2 aromatic rings. The number of rotatable bonds is 6. The minimum Gasteiger partial charge on any atom is -0.273 e. The number of hydrogen-bond donors (Lipinski definition) is 1. The zero-order chi connectivity index (χ0) is 21.7. The number of carbonyl (C=O) groups excluding carboxylic acids is 1. The molecule has 0 saturated carbocycles. The lowest BCUT2D eigenvalue weighted by Gasteiger charge is -2.30. The van der Waals surface area contributed by atoms with Crippen LogP contribution in [0.3, 0.4) is 0 Å². The van der Waals surface area contributed by atoms with E-state index >= 15 is 0 Å². The summed E-state index contributed by atoms with van der Waals surface area (Å²) in [5.74, 6) is -0.727. The Hall–Kier alpha value is -2.63. The van der Waals surface area contributed by atoms with Crippen molar-refractivity contribution in [3.8, 4) is 0 Å². The zero-order valence-corrected chi connectivity index (χ0v) is 18.2. The number of nitrogens with one attached hydrogen (secondary N) is 1. The van der Waals surface area contributed by atoms with Crippen molar-refractivity contribution in [3.05, 3.63) is 68.7 Å². The fourth-order valence-corrected chi connectivity index (χ4v) is 4.87. The van der Waals surface area contributed by atoms with Crippen molar-refractivity contribution in [1.82, 2.24) is 9.73 Å². The van der Waals surface area contributed by atoms with E-state index in [9.17, 15) is 23.3 Å². The van der Waals surface area contributed by atoms with Crippen molar-refractivity contribution in [3.63, 3.8) is 0 Å². The van der Waals surface area contributed by atoms with Crippen molar-refractivity contribution in [1.29, 1.82) is 0 Å². The first-order chi connectivity index (χ1) is 14.3. The first-order valence-corrected chi connectivity index (χ1v) is 11.3. The van der Waals surface area contributed by atoms with E-state index in [2.05, 4.69) is 26.5 Å². The quantitative estimate of drug-likeness (QED) is 0.375. The number of sulfonamides is 1. The Kier molecular flexibility index (Phi) is 6.95. The van der Waals surface area contributed by atoms with E-state index < -0.39 is 14.9 Å². The van der Waals surface area contributed by atoms with Crippen LogP contribution >= 0.6 is 15.9 Å². The Morgan fingerprint density at radius 2 is 1.80 bits per heavy atom. The summed E-state index contributed by atoms with van der Waals surface area (Å²) in [6, 6.07) is 12.5. The number of hydrazone groups is 1. The van der Waals surface area contributed by atoms with Crippen LogP contribution in [0.15, 0.2) is 63.0 Å². The number of hydrogen-bond acceptors (Lipinski definition) is 6. The van der Waals surface area contributed by atoms with Crippen LogP contribution in [0, 0.1) is 16.0 Å². The maximum Gasteiger partial charge on any atom is 0.278 e. The number of nitrogens with zero attached hydrogens (tertiary/aromatic N) is 3. The van der Waals surface area contributed by atoms with Crippen molar-refractivity contribution in [2.45, 2.75) is 17.7 Å². The highest BCUT2D eigenvalue weighted by Gasteiger charge is 2.32. The lowest BCUT2D eigenvalue weighted by Crippen LogP contribution is -2.42. The van der Waals surface area contributed by atoms with Crippen LogP contribution in [-0.2, 0) is 14.8 Å². The molecule has 1 fully saturated rings. The minimum absolute atomic E-state index is 0.109. The van der Waals surface area contributed by atoms with Gasteiger partial charge in [-0.05, 0) is 43.2 Å². The smallest absolute Gasteiger partial charge is 0.273 e. The standard InChI is InChI=1S/C19H19BrN4O5S/c20-16-5-7-17(8-6-16)30(28,29)23-11-9-14(10-12-23)19(25)22-21-13-15-3-1-2-4-18(15)24(26)27/h1-8,13-14H,9-12H2,(H,22,25)/b21-13-. The Morgan fingerprint density at radius 3 is 2.43 bits per heavy atom. The van der Waals surface area contributed by atoms with Gasteiger partial charge in [-0.2, -0.15) is 9.41 Å². The van der Waals surface area contributed by atoms with Gasteiger partial charge >= 0.3 is 0 Å². The van der Waals surface area contributed by atoms with E-state index in [0.29, 0.717) is 12.8 Å². The lowest BCUT2D eigenvalue weighted by atomic mass is 9.98. The summed E-state index contributed by atoms with van der Waals surface area (Å²) in [6.45, 7) is 0.453. The van der Waals surface area contributed by atoms with Gasteiger partial charge in [0, 0.05) is 29.5 Å². The topological polar surface area (TPSA) is 122 Å². The molecule has 11 heteroatoms. The Balaban J connectivity index is 1.57. The van der Waals surface area contributed by atoms with E-state index in [4.69, 9.17) is 0 Å². The molecular formula is C19H19BrN4O5S. The van der Waals surface area contributed by atoms with E-state index in [1.807, 2.05) is 0 Å². The van der Waals surface area contributed by atoms with Gasteiger partial charge in [0.25, 0.3) is 5.69 Å². The summed E-state index contributed by atoms with van der Waals surface area (Å²) in [5, 5.41) is 14.8. The highest BCUT2D eigenvalue weighted by molar-refractivity contribution is 9.10.